The van der Waals surface area contributed by atoms with Crippen molar-refractivity contribution in [3.05, 3.63) is 35.4 Å². The third-order valence-electron chi connectivity index (χ3n) is 3.29. The van der Waals surface area contributed by atoms with Crippen molar-refractivity contribution in [2.45, 2.75) is 20.0 Å². The van der Waals surface area contributed by atoms with Gasteiger partial charge in [-0.25, -0.2) is 4.79 Å². The number of ether oxygens (including phenoxy) is 2. The van der Waals surface area contributed by atoms with E-state index in [2.05, 4.69) is 4.90 Å². The van der Waals surface area contributed by atoms with Gasteiger partial charge in [0.1, 0.15) is 6.10 Å². The first-order valence-corrected chi connectivity index (χ1v) is 6.73. The smallest absolute Gasteiger partial charge is 0.338 e. The van der Waals surface area contributed by atoms with Crippen LogP contribution in [0, 0.1) is 6.92 Å². The Balaban J connectivity index is 1.86. The van der Waals surface area contributed by atoms with Gasteiger partial charge in [-0.15, -0.1) is 0 Å². The topological polar surface area (TPSA) is 38.8 Å². The monoisotopic (exact) mass is 263 g/mol. The van der Waals surface area contributed by atoms with Gasteiger partial charge in [0.05, 0.1) is 18.8 Å². The van der Waals surface area contributed by atoms with Gasteiger partial charge in [0.15, 0.2) is 0 Å². The second-order valence-electron chi connectivity index (χ2n) is 4.94. The van der Waals surface area contributed by atoms with Crippen LogP contribution in [0.5, 0.6) is 0 Å². The lowest BCUT2D eigenvalue weighted by Crippen LogP contribution is -2.41. The molecule has 1 saturated heterocycles. The average Bonchev–Trinajstić information content (AvgIpc) is 2.40. The quantitative estimate of drug-likeness (QED) is 0.777. The Morgan fingerprint density at radius 2 is 2.05 bits per heavy atom. The number of hydrogen-bond acceptors (Lipinski definition) is 4. The maximum atomic E-state index is 12.1. The molecule has 0 radical (unpaired) electrons. The number of esters is 1. The van der Waals surface area contributed by atoms with Crippen LogP contribution in [0.2, 0.25) is 0 Å². The molecule has 0 unspecified atom stereocenters. The van der Waals surface area contributed by atoms with E-state index < -0.39 is 0 Å². The van der Waals surface area contributed by atoms with E-state index in [1.807, 2.05) is 32.0 Å². The summed E-state index contributed by atoms with van der Waals surface area (Å²) in [6.07, 6.45) is -0.106. The van der Waals surface area contributed by atoms with Crippen LogP contribution in [0.4, 0.5) is 0 Å². The number of nitrogens with zero attached hydrogens (tertiary/aromatic N) is 1. The van der Waals surface area contributed by atoms with Crippen molar-refractivity contribution in [2.24, 2.45) is 0 Å². The van der Waals surface area contributed by atoms with Gasteiger partial charge in [-0.1, -0.05) is 18.2 Å². The van der Waals surface area contributed by atoms with Crippen LogP contribution in [0.25, 0.3) is 0 Å². The van der Waals surface area contributed by atoms with Crippen molar-refractivity contribution < 1.29 is 14.3 Å². The lowest BCUT2D eigenvalue weighted by Gasteiger charge is -2.28. The first-order valence-electron chi connectivity index (χ1n) is 6.73. The SMILES string of the molecule is Cc1ccccc1C(=O)O[C@H](C)CN1CCOCC1. The lowest BCUT2D eigenvalue weighted by atomic mass is 10.1. The highest BCUT2D eigenvalue weighted by Crippen LogP contribution is 2.10. The van der Waals surface area contributed by atoms with E-state index >= 15 is 0 Å². The Morgan fingerprint density at radius 1 is 1.37 bits per heavy atom. The number of hydrogen-bond donors (Lipinski definition) is 0. The van der Waals surface area contributed by atoms with E-state index in [9.17, 15) is 4.79 Å². The molecule has 0 aliphatic carbocycles. The van der Waals surface area contributed by atoms with Gasteiger partial charge in [-0.2, -0.15) is 0 Å². The van der Waals surface area contributed by atoms with E-state index in [-0.39, 0.29) is 12.1 Å². The van der Waals surface area contributed by atoms with Gasteiger partial charge in [0.2, 0.25) is 0 Å². The van der Waals surface area contributed by atoms with Gasteiger partial charge >= 0.3 is 5.97 Å². The normalized spacial score (nSPS) is 18.0. The van der Waals surface area contributed by atoms with E-state index in [0.29, 0.717) is 5.56 Å². The fraction of sp³-hybridized carbons (Fsp3) is 0.533. The highest BCUT2D eigenvalue weighted by molar-refractivity contribution is 5.91. The Hall–Kier alpha value is -1.39. The Bertz CT molecular complexity index is 427. The zero-order chi connectivity index (χ0) is 13.7. The first kappa shape index (κ1) is 14.0. The van der Waals surface area contributed by atoms with Crippen molar-refractivity contribution in [3.8, 4) is 0 Å². The highest BCUT2D eigenvalue weighted by Gasteiger charge is 2.18. The maximum absolute atomic E-state index is 12.1. The van der Waals surface area contributed by atoms with Crippen LogP contribution in [0.15, 0.2) is 24.3 Å². The van der Waals surface area contributed by atoms with Gasteiger partial charge < -0.3 is 9.47 Å². The molecule has 0 aromatic heterocycles. The summed E-state index contributed by atoms with van der Waals surface area (Å²) in [5.74, 6) is -0.237. The van der Waals surface area contributed by atoms with Crippen LogP contribution >= 0.6 is 0 Å². The predicted octanol–water partition coefficient (Wildman–Crippen LogP) is 1.87. The molecule has 1 aliphatic heterocycles. The summed E-state index contributed by atoms with van der Waals surface area (Å²) < 4.78 is 10.8. The Kier molecular flexibility index (Phi) is 4.93. The maximum Gasteiger partial charge on any atom is 0.338 e. The van der Waals surface area contributed by atoms with E-state index in [1.54, 1.807) is 6.07 Å². The van der Waals surface area contributed by atoms with Crippen LogP contribution in [-0.2, 0) is 9.47 Å². The molecule has 19 heavy (non-hydrogen) atoms. The third kappa shape index (κ3) is 4.04. The molecule has 0 amide bonds. The molecule has 104 valence electrons. The van der Waals surface area contributed by atoms with E-state index in [4.69, 9.17) is 9.47 Å². The number of carbonyl (C=O) groups is 1. The molecule has 1 aromatic carbocycles. The molecule has 2 rings (SSSR count). The standard InChI is InChI=1S/C15H21NO3/c1-12-5-3-4-6-14(12)15(17)19-13(2)11-16-7-9-18-10-8-16/h3-6,13H,7-11H2,1-2H3/t13-/m1/s1. The number of morpholine rings is 1. The number of rotatable bonds is 4. The lowest BCUT2D eigenvalue weighted by molar-refractivity contribution is 0.000411. The molecule has 1 atom stereocenters. The molecule has 1 heterocycles. The second-order valence-corrected chi connectivity index (χ2v) is 4.94. The number of aryl methyl sites for hydroxylation is 1. The minimum atomic E-state index is -0.237. The van der Waals surface area contributed by atoms with Crippen LogP contribution in [0.3, 0.4) is 0 Å². The molecule has 0 spiro atoms. The van der Waals surface area contributed by atoms with Gasteiger partial charge in [0, 0.05) is 19.6 Å². The highest BCUT2D eigenvalue weighted by atomic mass is 16.5. The molecule has 0 bridgehead atoms. The van der Waals surface area contributed by atoms with Gasteiger partial charge in [-0.3, -0.25) is 4.90 Å². The molecule has 1 aromatic rings. The molecule has 0 N–H and O–H groups in total. The molecular weight excluding hydrogens is 242 g/mol. The summed E-state index contributed by atoms with van der Waals surface area (Å²) in [7, 11) is 0. The fourth-order valence-electron chi connectivity index (χ4n) is 2.23. The minimum absolute atomic E-state index is 0.106. The van der Waals surface area contributed by atoms with Crippen molar-refractivity contribution in [2.75, 3.05) is 32.8 Å². The molecular formula is C15H21NO3. The van der Waals surface area contributed by atoms with Crippen LogP contribution in [0.1, 0.15) is 22.8 Å². The summed E-state index contributed by atoms with van der Waals surface area (Å²) in [6, 6.07) is 7.50. The van der Waals surface area contributed by atoms with Crippen molar-refractivity contribution in [1.29, 1.82) is 0 Å². The van der Waals surface area contributed by atoms with Crippen LogP contribution < -0.4 is 0 Å². The fourth-order valence-corrected chi connectivity index (χ4v) is 2.23. The third-order valence-corrected chi connectivity index (χ3v) is 3.29. The summed E-state index contributed by atoms with van der Waals surface area (Å²) in [6.45, 7) is 7.96. The Morgan fingerprint density at radius 3 is 2.74 bits per heavy atom. The summed E-state index contributed by atoms with van der Waals surface area (Å²) in [4.78, 5) is 14.3. The second kappa shape index (κ2) is 6.68. The zero-order valence-electron chi connectivity index (χ0n) is 11.6. The van der Waals surface area contributed by atoms with E-state index in [0.717, 1.165) is 38.4 Å². The minimum Gasteiger partial charge on any atom is -0.458 e. The largest absolute Gasteiger partial charge is 0.458 e. The molecule has 1 fully saturated rings. The molecule has 1 aliphatic rings. The van der Waals surface area contributed by atoms with Gasteiger partial charge in [-0.05, 0) is 25.5 Å². The van der Waals surface area contributed by atoms with Crippen molar-refractivity contribution in [1.82, 2.24) is 4.90 Å². The summed E-state index contributed by atoms with van der Waals surface area (Å²) in [5, 5.41) is 0. The number of carbonyl (C=O) groups excluding carboxylic acids is 1. The van der Waals surface area contributed by atoms with Gasteiger partial charge in [0.25, 0.3) is 0 Å². The Labute approximate surface area is 114 Å². The summed E-state index contributed by atoms with van der Waals surface area (Å²) in [5.41, 5.74) is 1.60. The van der Waals surface area contributed by atoms with Crippen molar-refractivity contribution in [3.63, 3.8) is 0 Å². The molecule has 4 nitrogen and oxygen atoms in total. The van der Waals surface area contributed by atoms with Crippen LogP contribution in [-0.4, -0.2) is 49.8 Å². The average molecular weight is 263 g/mol. The first-order chi connectivity index (χ1) is 9.16. The van der Waals surface area contributed by atoms with Crippen molar-refractivity contribution >= 4 is 5.97 Å². The predicted molar refractivity (Wildman–Crippen MR) is 73.3 cm³/mol. The molecule has 4 heteroatoms. The van der Waals surface area contributed by atoms with E-state index in [1.165, 1.54) is 0 Å². The summed E-state index contributed by atoms with van der Waals surface area (Å²) >= 11 is 0. The molecule has 0 saturated carbocycles. The zero-order valence-corrected chi connectivity index (χ0v) is 11.6. The number of benzene rings is 1.